The number of hydrogen-bond acceptors (Lipinski definition) is 8. The number of nitriles is 1. The predicted molar refractivity (Wildman–Crippen MR) is 139 cm³/mol. The summed E-state index contributed by atoms with van der Waals surface area (Å²) < 4.78 is 34.9. The lowest BCUT2D eigenvalue weighted by Gasteiger charge is -2.48. The lowest BCUT2D eigenvalue weighted by Crippen LogP contribution is -2.64. The van der Waals surface area contributed by atoms with Crippen molar-refractivity contribution in [3.8, 4) is 17.3 Å². The first-order valence-electron chi connectivity index (χ1n) is 12.0. The van der Waals surface area contributed by atoms with Gasteiger partial charge >= 0.3 is 6.09 Å². The fraction of sp³-hybridized carbons (Fsp3) is 0.346. The van der Waals surface area contributed by atoms with Crippen molar-refractivity contribution in [2.75, 3.05) is 13.1 Å². The zero-order valence-corrected chi connectivity index (χ0v) is 22.3. The van der Waals surface area contributed by atoms with Crippen molar-refractivity contribution in [1.29, 1.82) is 5.26 Å². The van der Waals surface area contributed by atoms with E-state index >= 15 is 0 Å². The lowest BCUT2D eigenvalue weighted by molar-refractivity contribution is -0.0314. The number of benzene rings is 1. The summed E-state index contributed by atoms with van der Waals surface area (Å²) >= 11 is 0. The molecule has 1 saturated heterocycles. The molecular formula is C26H27N7O4S. The van der Waals surface area contributed by atoms with Gasteiger partial charge in [-0.2, -0.15) is 10.4 Å². The van der Waals surface area contributed by atoms with Crippen molar-refractivity contribution in [3.63, 3.8) is 0 Å². The van der Waals surface area contributed by atoms with E-state index in [2.05, 4.69) is 21.1 Å². The molecule has 0 atom stereocenters. The summed E-state index contributed by atoms with van der Waals surface area (Å²) in [4.78, 5) is 22.8. The van der Waals surface area contributed by atoms with Crippen LogP contribution in [-0.4, -0.2) is 61.8 Å². The highest BCUT2D eigenvalue weighted by Gasteiger charge is 2.48. The van der Waals surface area contributed by atoms with Crippen LogP contribution in [-0.2, 0) is 20.3 Å². The molecule has 38 heavy (non-hydrogen) atoms. The molecule has 0 unspecified atom stereocenters. The van der Waals surface area contributed by atoms with Crippen LogP contribution in [0.4, 0.5) is 4.79 Å². The van der Waals surface area contributed by atoms with Gasteiger partial charge in [-0.25, -0.2) is 27.2 Å². The summed E-state index contributed by atoms with van der Waals surface area (Å²) in [6.45, 7) is 7.85. The van der Waals surface area contributed by atoms with Gasteiger partial charge in [-0.15, -0.1) is 0 Å². The Balaban J connectivity index is 1.46. The molecule has 0 N–H and O–H groups in total. The molecule has 0 spiro atoms. The number of ether oxygens (including phenoxy) is 1. The van der Waals surface area contributed by atoms with Crippen molar-refractivity contribution in [3.05, 3.63) is 60.8 Å². The maximum Gasteiger partial charge on any atom is 0.410 e. The molecule has 0 radical (unpaired) electrons. The van der Waals surface area contributed by atoms with Crippen LogP contribution in [0.15, 0.2) is 60.1 Å². The Kier molecular flexibility index (Phi) is 5.99. The van der Waals surface area contributed by atoms with Crippen LogP contribution in [0.1, 0.15) is 32.8 Å². The third-order valence-corrected chi connectivity index (χ3v) is 8.08. The quantitative estimate of drug-likeness (QED) is 0.379. The molecule has 3 aromatic heterocycles. The molecule has 1 fully saturated rings. The average molecular weight is 534 g/mol. The Bertz CT molecular complexity index is 1670. The van der Waals surface area contributed by atoms with Gasteiger partial charge in [0, 0.05) is 23.3 Å². The Labute approximate surface area is 220 Å². The van der Waals surface area contributed by atoms with Crippen molar-refractivity contribution < 1.29 is 17.9 Å². The zero-order valence-electron chi connectivity index (χ0n) is 21.5. The first-order chi connectivity index (χ1) is 17.9. The maximum absolute atomic E-state index is 13.3. The normalized spacial score (nSPS) is 15.2. The highest BCUT2D eigenvalue weighted by Crippen LogP contribution is 2.35. The maximum atomic E-state index is 13.3. The zero-order chi connectivity index (χ0) is 27.3. The topological polar surface area (TPSA) is 136 Å². The molecule has 4 heterocycles. The number of likely N-dealkylation sites (tertiary alicyclic amines) is 1. The molecule has 11 nitrogen and oxygen atoms in total. The molecule has 196 valence electrons. The van der Waals surface area contributed by atoms with Crippen LogP contribution in [0.5, 0.6) is 0 Å². The highest BCUT2D eigenvalue weighted by atomic mass is 32.2. The molecule has 5 rings (SSSR count). The van der Waals surface area contributed by atoms with Gasteiger partial charge in [-0.3, -0.25) is 4.68 Å². The molecule has 1 aliphatic heterocycles. The number of nitrogens with zero attached hydrogens (tertiary/aromatic N) is 7. The molecule has 0 aliphatic carbocycles. The average Bonchev–Trinajstić information content (AvgIpc) is 3.48. The second-order valence-electron chi connectivity index (χ2n) is 10.5. The fourth-order valence-electron chi connectivity index (χ4n) is 4.49. The van der Waals surface area contributed by atoms with E-state index in [-0.39, 0.29) is 30.1 Å². The second kappa shape index (κ2) is 8.95. The molecule has 4 aromatic rings. The molecule has 1 aromatic carbocycles. The number of carbonyl (C=O) groups excluding carboxylic acids is 1. The Morgan fingerprint density at radius 3 is 2.53 bits per heavy atom. The van der Waals surface area contributed by atoms with Gasteiger partial charge in [-0.1, -0.05) is 17.7 Å². The number of rotatable bonds is 5. The summed E-state index contributed by atoms with van der Waals surface area (Å²) in [6.07, 6.45) is 5.86. The summed E-state index contributed by atoms with van der Waals surface area (Å²) in [6, 6.07) is 10.5. The van der Waals surface area contributed by atoms with Gasteiger partial charge in [-0.05, 0) is 45.9 Å². The van der Waals surface area contributed by atoms with E-state index in [0.717, 1.165) is 9.54 Å². The number of aryl methyl sites for hydroxylation is 1. The van der Waals surface area contributed by atoms with Gasteiger partial charge in [0.2, 0.25) is 0 Å². The summed E-state index contributed by atoms with van der Waals surface area (Å²) in [5.41, 5.74) is 1.03. The number of hydrogen-bond donors (Lipinski definition) is 0. The van der Waals surface area contributed by atoms with Crippen LogP contribution < -0.4 is 0 Å². The Hall–Kier alpha value is -4.24. The largest absolute Gasteiger partial charge is 0.444 e. The van der Waals surface area contributed by atoms with Gasteiger partial charge in [0.1, 0.15) is 17.5 Å². The summed E-state index contributed by atoms with van der Waals surface area (Å²) in [7, 11) is -3.87. The first kappa shape index (κ1) is 25.4. The van der Waals surface area contributed by atoms with Crippen molar-refractivity contribution in [1.82, 2.24) is 28.6 Å². The van der Waals surface area contributed by atoms with E-state index in [9.17, 15) is 18.5 Å². The van der Waals surface area contributed by atoms with E-state index in [4.69, 9.17) is 4.74 Å². The van der Waals surface area contributed by atoms with Gasteiger partial charge < -0.3 is 9.64 Å². The molecule has 1 amide bonds. The number of amides is 1. The summed E-state index contributed by atoms with van der Waals surface area (Å²) in [5.74, 6) is 0. The van der Waals surface area contributed by atoms with Crippen molar-refractivity contribution >= 4 is 27.1 Å². The number of aromatic nitrogens is 5. The minimum atomic E-state index is -3.87. The van der Waals surface area contributed by atoms with E-state index in [1.54, 1.807) is 73.1 Å². The molecule has 1 aliphatic rings. The van der Waals surface area contributed by atoms with Gasteiger partial charge in [0.15, 0.2) is 5.65 Å². The van der Waals surface area contributed by atoms with E-state index in [0.29, 0.717) is 16.6 Å². The Morgan fingerprint density at radius 2 is 1.87 bits per heavy atom. The van der Waals surface area contributed by atoms with Crippen LogP contribution in [0, 0.1) is 18.3 Å². The highest BCUT2D eigenvalue weighted by molar-refractivity contribution is 7.90. The predicted octanol–water partition coefficient (Wildman–Crippen LogP) is 3.70. The van der Waals surface area contributed by atoms with Crippen molar-refractivity contribution in [2.24, 2.45) is 0 Å². The SMILES string of the molecule is Cc1ccc(S(=O)(=O)n2ccc3c(-c4cnn(C5(CC#N)CN(C(=O)OC(C)(C)C)C5)c4)ncnc32)cc1. The third kappa shape index (κ3) is 4.39. The fourth-order valence-corrected chi connectivity index (χ4v) is 5.79. The Morgan fingerprint density at radius 1 is 1.16 bits per heavy atom. The second-order valence-corrected chi connectivity index (χ2v) is 12.3. The first-order valence-corrected chi connectivity index (χ1v) is 13.4. The monoisotopic (exact) mass is 533 g/mol. The van der Waals surface area contributed by atoms with Crippen LogP contribution in [0.25, 0.3) is 22.3 Å². The van der Waals surface area contributed by atoms with E-state index in [1.165, 1.54) is 12.5 Å². The van der Waals surface area contributed by atoms with Gasteiger partial charge in [0.25, 0.3) is 10.0 Å². The van der Waals surface area contributed by atoms with Gasteiger partial charge in [0.05, 0.1) is 42.4 Å². The van der Waals surface area contributed by atoms with Crippen LogP contribution >= 0.6 is 0 Å². The van der Waals surface area contributed by atoms with Crippen molar-refractivity contribution in [2.45, 2.75) is 50.2 Å². The molecular weight excluding hydrogens is 506 g/mol. The molecule has 0 saturated carbocycles. The molecule has 12 heteroatoms. The van der Waals surface area contributed by atoms with E-state index in [1.807, 2.05) is 6.92 Å². The summed E-state index contributed by atoms with van der Waals surface area (Å²) in [5, 5.41) is 14.5. The van der Waals surface area contributed by atoms with E-state index < -0.39 is 27.3 Å². The minimum Gasteiger partial charge on any atom is -0.444 e. The third-order valence-electron chi connectivity index (χ3n) is 6.40. The van der Waals surface area contributed by atoms with Crippen LogP contribution in [0.3, 0.4) is 0 Å². The number of fused-ring (bicyclic) bond motifs is 1. The standard InChI is InChI=1S/C26H27N7O4S/c1-18-5-7-20(8-6-18)38(35,36)32-12-9-21-22(28-17-29-23(21)32)19-13-30-33(14-19)26(10-11-27)15-31(16-26)24(34)37-25(2,3)4/h5-9,12-14,17H,10,15-16H2,1-4H3. The lowest BCUT2D eigenvalue weighted by atomic mass is 9.87. The smallest absolute Gasteiger partial charge is 0.410 e. The molecule has 0 bridgehead atoms. The number of carbonyl (C=O) groups is 1. The minimum absolute atomic E-state index is 0.151. The van der Waals surface area contributed by atoms with Crippen LogP contribution in [0.2, 0.25) is 0 Å².